The Morgan fingerprint density at radius 1 is 1.44 bits per heavy atom. The molecule has 2 nitrogen and oxygen atoms in total. The molecule has 16 heavy (non-hydrogen) atoms. The molecule has 0 fully saturated rings. The Bertz CT molecular complexity index is 368. The van der Waals surface area contributed by atoms with Gasteiger partial charge in [0.15, 0.2) is 0 Å². The van der Waals surface area contributed by atoms with Crippen molar-refractivity contribution < 1.29 is 4.79 Å². The second-order valence-corrected chi connectivity index (χ2v) is 4.85. The van der Waals surface area contributed by atoms with Gasteiger partial charge in [-0.05, 0) is 37.5 Å². The Morgan fingerprint density at radius 2 is 2.19 bits per heavy atom. The number of nitrogens with one attached hydrogen (secondary N) is 1. The van der Waals surface area contributed by atoms with Crippen molar-refractivity contribution >= 4 is 33.4 Å². The van der Waals surface area contributed by atoms with Gasteiger partial charge in [-0.2, -0.15) is 0 Å². The first-order valence-corrected chi connectivity index (χ1v) is 6.58. The third-order valence-corrected chi connectivity index (χ3v) is 3.40. The van der Waals surface area contributed by atoms with Crippen molar-refractivity contribution in [3.63, 3.8) is 0 Å². The summed E-state index contributed by atoms with van der Waals surface area (Å²) >= 11 is 8.96. The van der Waals surface area contributed by atoms with E-state index in [-0.39, 0.29) is 5.91 Å². The van der Waals surface area contributed by atoms with Gasteiger partial charge in [0.1, 0.15) is 0 Å². The molecule has 0 saturated carbocycles. The maximum Gasteiger partial charge on any atom is 0.251 e. The van der Waals surface area contributed by atoms with Crippen LogP contribution >= 0.6 is 27.5 Å². The van der Waals surface area contributed by atoms with Crippen LogP contribution in [-0.4, -0.2) is 18.3 Å². The summed E-state index contributed by atoms with van der Waals surface area (Å²) < 4.78 is 0.959. The molecule has 0 unspecified atom stereocenters. The van der Waals surface area contributed by atoms with E-state index in [9.17, 15) is 4.79 Å². The van der Waals surface area contributed by atoms with Crippen LogP contribution < -0.4 is 5.32 Å². The zero-order valence-electron chi connectivity index (χ0n) is 9.22. The molecule has 0 heterocycles. The molecule has 0 aromatic heterocycles. The minimum absolute atomic E-state index is 0.0322. The minimum Gasteiger partial charge on any atom is -0.352 e. The Hall–Kier alpha value is -0.540. The largest absolute Gasteiger partial charge is 0.352 e. The number of hydrogen-bond donors (Lipinski definition) is 1. The molecule has 1 aromatic rings. The number of aryl methyl sites for hydroxylation is 1. The second kappa shape index (κ2) is 6.92. The molecule has 1 amide bonds. The van der Waals surface area contributed by atoms with Crippen molar-refractivity contribution in [2.75, 3.05) is 12.4 Å². The van der Waals surface area contributed by atoms with E-state index in [0.29, 0.717) is 18.0 Å². The Balaban J connectivity index is 2.50. The number of hydrogen-bond acceptors (Lipinski definition) is 1. The van der Waals surface area contributed by atoms with Gasteiger partial charge in [-0.3, -0.25) is 4.79 Å². The third kappa shape index (κ3) is 4.14. The van der Waals surface area contributed by atoms with Crippen LogP contribution in [0.25, 0.3) is 0 Å². The molecule has 0 spiro atoms. The monoisotopic (exact) mass is 303 g/mol. The minimum atomic E-state index is -0.0322. The van der Waals surface area contributed by atoms with Crippen LogP contribution in [0.4, 0.5) is 0 Å². The summed E-state index contributed by atoms with van der Waals surface area (Å²) in [6.45, 7) is 2.67. The number of alkyl halides is 1. The molecule has 1 rings (SSSR count). The molecular formula is C12H15BrClNO. The van der Waals surface area contributed by atoms with E-state index in [0.717, 1.165) is 22.9 Å². The maximum atomic E-state index is 11.7. The molecule has 4 heteroatoms. The van der Waals surface area contributed by atoms with Gasteiger partial charge >= 0.3 is 0 Å². The van der Waals surface area contributed by atoms with Crippen LogP contribution in [0.2, 0.25) is 0 Å². The number of halogens is 2. The van der Waals surface area contributed by atoms with E-state index in [1.807, 2.05) is 25.1 Å². The first kappa shape index (κ1) is 13.5. The normalized spacial score (nSPS) is 10.2. The number of amides is 1. The molecule has 0 aliphatic heterocycles. The standard InChI is InChI=1S/C12H15BrClNO/c1-9-4-5-10(8-11(9)13)12(16)15-7-3-2-6-14/h4-5,8H,2-3,6-7H2,1H3,(H,15,16). The molecule has 0 aliphatic rings. The van der Waals surface area contributed by atoms with Crippen LogP contribution in [0, 0.1) is 6.92 Å². The lowest BCUT2D eigenvalue weighted by Gasteiger charge is -2.06. The van der Waals surface area contributed by atoms with Crippen molar-refractivity contribution in [2.45, 2.75) is 19.8 Å². The van der Waals surface area contributed by atoms with E-state index < -0.39 is 0 Å². The van der Waals surface area contributed by atoms with Gasteiger partial charge in [-0.15, -0.1) is 11.6 Å². The zero-order chi connectivity index (χ0) is 12.0. The fourth-order valence-corrected chi connectivity index (χ4v) is 1.83. The van der Waals surface area contributed by atoms with Crippen LogP contribution in [0.3, 0.4) is 0 Å². The van der Waals surface area contributed by atoms with Gasteiger partial charge < -0.3 is 5.32 Å². The van der Waals surface area contributed by atoms with Gasteiger partial charge in [0, 0.05) is 22.5 Å². The zero-order valence-corrected chi connectivity index (χ0v) is 11.6. The Morgan fingerprint density at radius 3 is 2.81 bits per heavy atom. The smallest absolute Gasteiger partial charge is 0.251 e. The lowest BCUT2D eigenvalue weighted by molar-refractivity contribution is 0.0953. The fourth-order valence-electron chi connectivity index (χ4n) is 1.26. The van der Waals surface area contributed by atoms with Crippen molar-refractivity contribution in [1.82, 2.24) is 5.32 Å². The lowest BCUT2D eigenvalue weighted by Crippen LogP contribution is -2.24. The molecule has 0 atom stereocenters. The Kier molecular flexibility index (Phi) is 5.85. The average Bonchev–Trinajstić information content (AvgIpc) is 2.28. The summed E-state index contributed by atoms with van der Waals surface area (Å²) in [5.41, 5.74) is 1.81. The summed E-state index contributed by atoms with van der Waals surface area (Å²) in [7, 11) is 0. The van der Waals surface area contributed by atoms with E-state index in [2.05, 4.69) is 21.2 Å². The van der Waals surface area contributed by atoms with Gasteiger partial charge in [-0.1, -0.05) is 22.0 Å². The molecule has 0 saturated heterocycles. The summed E-state index contributed by atoms with van der Waals surface area (Å²) in [4.78, 5) is 11.7. The molecular weight excluding hydrogens is 289 g/mol. The molecule has 1 aromatic carbocycles. The highest BCUT2D eigenvalue weighted by atomic mass is 79.9. The summed E-state index contributed by atoms with van der Waals surface area (Å²) in [5, 5.41) is 2.86. The van der Waals surface area contributed by atoms with E-state index in [4.69, 9.17) is 11.6 Å². The van der Waals surface area contributed by atoms with Crippen LogP contribution in [0.1, 0.15) is 28.8 Å². The van der Waals surface area contributed by atoms with Crippen molar-refractivity contribution in [2.24, 2.45) is 0 Å². The average molecular weight is 305 g/mol. The van der Waals surface area contributed by atoms with Crippen molar-refractivity contribution in [3.8, 4) is 0 Å². The van der Waals surface area contributed by atoms with Crippen LogP contribution in [-0.2, 0) is 0 Å². The second-order valence-electron chi connectivity index (χ2n) is 3.62. The van der Waals surface area contributed by atoms with Gasteiger partial charge in [-0.25, -0.2) is 0 Å². The summed E-state index contributed by atoms with van der Waals surface area (Å²) in [6, 6.07) is 5.60. The third-order valence-electron chi connectivity index (χ3n) is 2.28. The SMILES string of the molecule is Cc1ccc(C(=O)NCCCCCl)cc1Br. The maximum absolute atomic E-state index is 11.7. The number of unbranched alkanes of at least 4 members (excludes halogenated alkanes) is 1. The van der Waals surface area contributed by atoms with Crippen LogP contribution in [0.15, 0.2) is 22.7 Å². The summed E-state index contributed by atoms with van der Waals surface area (Å²) in [5.74, 6) is 0.613. The number of rotatable bonds is 5. The van der Waals surface area contributed by atoms with Crippen molar-refractivity contribution in [3.05, 3.63) is 33.8 Å². The predicted molar refractivity (Wildman–Crippen MR) is 71.2 cm³/mol. The number of carbonyl (C=O) groups excluding carboxylic acids is 1. The molecule has 0 radical (unpaired) electrons. The van der Waals surface area contributed by atoms with Gasteiger partial charge in [0.05, 0.1) is 0 Å². The highest BCUT2D eigenvalue weighted by Gasteiger charge is 2.05. The molecule has 1 N–H and O–H groups in total. The fraction of sp³-hybridized carbons (Fsp3) is 0.417. The highest BCUT2D eigenvalue weighted by molar-refractivity contribution is 9.10. The van der Waals surface area contributed by atoms with E-state index in [1.54, 1.807) is 0 Å². The van der Waals surface area contributed by atoms with Gasteiger partial charge in [0.25, 0.3) is 5.91 Å². The quantitative estimate of drug-likeness (QED) is 0.654. The first-order chi connectivity index (χ1) is 7.65. The van der Waals surface area contributed by atoms with E-state index >= 15 is 0 Å². The topological polar surface area (TPSA) is 29.1 Å². The molecule has 88 valence electrons. The Labute approximate surface area is 110 Å². The molecule has 0 aliphatic carbocycles. The lowest BCUT2D eigenvalue weighted by atomic mass is 10.1. The predicted octanol–water partition coefficient (Wildman–Crippen LogP) is 3.51. The van der Waals surface area contributed by atoms with Crippen LogP contribution in [0.5, 0.6) is 0 Å². The van der Waals surface area contributed by atoms with Gasteiger partial charge in [0.2, 0.25) is 0 Å². The first-order valence-electron chi connectivity index (χ1n) is 5.25. The number of carbonyl (C=O) groups is 1. The highest BCUT2D eigenvalue weighted by Crippen LogP contribution is 2.17. The summed E-state index contributed by atoms with van der Waals surface area (Å²) in [6.07, 6.45) is 1.85. The number of benzene rings is 1. The van der Waals surface area contributed by atoms with Crippen molar-refractivity contribution in [1.29, 1.82) is 0 Å². The molecule has 0 bridgehead atoms. The van der Waals surface area contributed by atoms with E-state index in [1.165, 1.54) is 0 Å².